The van der Waals surface area contributed by atoms with Crippen LogP contribution in [0.3, 0.4) is 0 Å². The first kappa shape index (κ1) is 9.10. The van der Waals surface area contributed by atoms with Gasteiger partial charge in [-0.3, -0.25) is 0 Å². The van der Waals surface area contributed by atoms with E-state index in [0.29, 0.717) is 0 Å². The lowest BCUT2D eigenvalue weighted by Gasteiger charge is -2.06. The fourth-order valence-electron chi connectivity index (χ4n) is 0.226. The normalized spacial score (nSPS) is 15.7. The average molecular weight is 159 g/mol. The predicted molar refractivity (Wildman–Crippen MR) is 32.2 cm³/mol. The van der Waals surface area contributed by atoms with Gasteiger partial charge in [0.2, 0.25) is 0 Å². The summed E-state index contributed by atoms with van der Waals surface area (Å²) in [5, 5.41) is 0. The lowest BCUT2D eigenvalue weighted by atomic mass is 10.4. The topological polar surface area (TPSA) is 26.0 Å². The van der Waals surface area contributed by atoms with Crippen molar-refractivity contribution < 1.29 is 13.2 Å². The summed E-state index contributed by atoms with van der Waals surface area (Å²) < 4.78 is 34.0. The Kier molecular flexibility index (Phi) is 3.35. The zero-order valence-electron chi connectivity index (χ0n) is 4.90. The molecule has 0 aromatic heterocycles. The van der Waals surface area contributed by atoms with Crippen LogP contribution in [0.5, 0.6) is 0 Å². The van der Waals surface area contributed by atoms with Crippen LogP contribution in [0, 0.1) is 0 Å². The highest BCUT2D eigenvalue weighted by Gasteiger charge is 2.27. The van der Waals surface area contributed by atoms with Gasteiger partial charge in [-0.1, -0.05) is 0 Å². The summed E-state index contributed by atoms with van der Waals surface area (Å²) >= 11 is -0.0833. The van der Waals surface area contributed by atoms with E-state index in [4.69, 9.17) is 5.73 Å². The van der Waals surface area contributed by atoms with Crippen molar-refractivity contribution in [2.75, 3.05) is 5.75 Å². The molecule has 0 aliphatic rings. The minimum Gasteiger partial charge on any atom is -0.327 e. The van der Waals surface area contributed by atoms with E-state index in [1.54, 1.807) is 6.92 Å². The van der Waals surface area contributed by atoms with Gasteiger partial charge in [0.15, 0.2) is 0 Å². The molecular weight excluding hydrogens is 151 g/mol. The van der Waals surface area contributed by atoms with Crippen molar-refractivity contribution >= 4 is 11.8 Å². The van der Waals surface area contributed by atoms with Gasteiger partial charge in [-0.2, -0.15) is 13.2 Å². The summed E-state index contributed by atoms with van der Waals surface area (Å²) in [6.45, 7) is 1.54. The van der Waals surface area contributed by atoms with Gasteiger partial charge in [0, 0.05) is 11.8 Å². The van der Waals surface area contributed by atoms with Gasteiger partial charge in [-0.25, -0.2) is 0 Å². The van der Waals surface area contributed by atoms with Crippen LogP contribution in [0.15, 0.2) is 0 Å². The molecule has 5 heteroatoms. The summed E-state index contributed by atoms with van der Waals surface area (Å²) in [7, 11) is 0. The standard InChI is InChI=1S/C4H8F3NS/c1-3(8)2-9-4(5,6)7/h3H,2,8H2,1H3. The van der Waals surface area contributed by atoms with Crippen molar-refractivity contribution in [3.63, 3.8) is 0 Å². The third kappa shape index (κ3) is 8.10. The van der Waals surface area contributed by atoms with Crippen LogP contribution in [0.25, 0.3) is 0 Å². The average Bonchev–Trinajstić information content (AvgIpc) is 1.59. The fourth-order valence-corrected chi connectivity index (χ4v) is 0.678. The van der Waals surface area contributed by atoms with E-state index in [-0.39, 0.29) is 17.5 Å². The van der Waals surface area contributed by atoms with Crippen LogP contribution in [0.2, 0.25) is 0 Å². The van der Waals surface area contributed by atoms with Crippen molar-refractivity contribution in [2.45, 2.75) is 18.5 Å². The van der Waals surface area contributed by atoms with Crippen LogP contribution >= 0.6 is 11.8 Å². The third-order valence-electron chi connectivity index (χ3n) is 0.510. The first-order chi connectivity index (χ1) is 3.92. The second kappa shape index (κ2) is 3.31. The molecule has 0 bridgehead atoms. The van der Waals surface area contributed by atoms with E-state index >= 15 is 0 Å². The summed E-state index contributed by atoms with van der Waals surface area (Å²) in [5.74, 6) is -0.0660. The minimum absolute atomic E-state index is 0.0660. The van der Waals surface area contributed by atoms with Crippen LogP contribution < -0.4 is 5.73 Å². The lowest BCUT2D eigenvalue weighted by Crippen LogP contribution is -2.20. The molecule has 56 valence electrons. The Morgan fingerprint density at radius 2 is 2.00 bits per heavy atom. The van der Waals surface area contributed by atoms with Crippen molar-refractivity contribution in [2.24, 2.45) is 5.73 Å². The Morgan fingerprint density at radius 3 is 2.11 bits per heavy atom. The number of halogens is 3. The smallest absolute Gasteiger partial charge is 0.327 e. The quantitative estimate of drug-likeness (QED) is 0.662. The molecule has 0 amide bonds. The minimum atomic E-state index is -4.13. The van der Waals surface area contributed by atoms with Gasteiger partial charge in [0.25, 0.3) is 0 Å². The first-order valence-corrected chi connectivity index (χ1v) is 3.36. The highest BCUT2D eigenvalue weighted by Crippen LogP contribution is 2.29. The van der Waals surface area contributed by atoms with Crippen LogP contribution in [0.4, 0.5) is 13.2 Å². The van der Waals surface area contributed by atoms with Crippen molar-refractivity contribution in [1.82, 2.24) is 0 Å². The van der Waals surface area contributed by atoms with E-state index in [9.17, 15) is 13.2 Å². The molecule has 0 fully saturated rings. The highest BCUT2D eigenvalue weighted by molar-refractivity contribution is 8.00. The van der Waals surface area contributed by atoms with Gasteiger partial charge < -0.3 is 5.73 Å². The van der Waals surface area contributed by atoms with Gasteiger partial charge >= 0.3 is 5.51 Å². The second-order valence-corrected chi connectivity index (χ2v) is 2.82. The molecule has 0 spiro atoms. The van der Waals surface area contributed by atoms with E-state index in [2.05, 4.69) is 0 Å². The van der Waals surface area contributed by atoms with Crippen molar-refractivity contribution in [1.29, 1.82) is 0 Å². The molecule has 0 saturated heterocycles. The van der Waals surface area contributed by atoms with E-state index in [0.717, 1.165) is 0 Å². The summed E-state index contributed by atoms with van der Waals surface area (Å²) in [5.41, 5.74) is 0.947. The molecule has 9 heavy (non-hydrogen) atoms. The molecule has 0 aliphatic heterocycles. The van der Waals surface area contributed by atoms with E-state index in [1.165, 1.54) is 0 Å². The highest BCUT2D eigenvalue weighted by atomic mass is 32.2. The Hall–Kier alpha value is 0.100. The summed E-state index contributed by atoms with van der Waals surface area (Å²) in [6, 6.07) is -0.392. The molecular formula is C4H8F3NS. The largest absolute Gasteiger partial charge is 0.441 e. The number of rotatable bonds is 2. The van der Waals surface area contributed by atoms with Gasteiger partial charge in [0.1, 0.15) is 0 Å². The molecule has 0 radical (unpaired) electrons. The molecule has 0 aromatic rings. The first-order valence-electron chi connectivity index (χ1n) is 2.38. The molecule has 0 aliphatic carbocycles. The third-order valence-corrected chi connectivity index (χ3v) is 1.53. The number of alkyl halides is 3. The van der Waals surface area contributed by atoms with Crippen molar-refractivity contribution in [3.8, 4) is 0 Å². The SMILES string of the molecule is CC(N)CSC(F)(F)F. The zero-order chi connectivity index (χ0) is 7.49. The zero-order valence-corrected chi connectivity index (χ0v) is 5.72. The van der Waals surface area contributed by atoms with Crippen LogP contribution in [-0.2, 0) is 0 Å². The molecule has 1 unspecified atom stereocenters. The van der Waals surface area contributed by atoms with E-state index < -0.39 is 11.6 Å². The molecule has 0 heterocycles. The Labute approximate surface area is 55.8 Å². The molecule has 1 nitrogen and oxygen atoms in total. The predicted octanol–water partition coefficient (Wildman–Crippen LogP) is 1.59. The Bertz CT molecular complexity index is 80.4. The molecule has 0 rings (SSSR count). The Balaban J connectivity index is 3.28. The number of thioether (sulfide) groups is 1. The van der Waals surface area contributed by atoms with Crippen LogP contribution in [0.1, 0.15) is 6.92 Å². The lowest BCUT2D eigenvalue weighted by molar-refractivity contribution is -0.0328. The number of hydrogen-bond acceptors (Lipinski definition) is 2. The maximum absolute atomic E-state index is 11.3. The molecule has 2 N–H and O–H groups in total. The van der Waals surface area contributed by atoms with Gasteiger partial charge in [0.05, 0.1) is 0 Å². The number of hydrogen-bond donors (Lipinski definition) is 1. The maximum atomic E-state index is 11.3. The summed E-state index contributed by atoms with van der Waals surface area (Å²) in [6.07, 6.45) is 0. The molecule has 0 saturated carbocycles. The van der Waals surface area contributed by atoms with Gasteiger partial charge in [-0.15, -0.1) is 0 Å². The van der Waals surface area contributed by atoms with Crippen LogP contribution in [-0.4, -0.2) is 17.3 Å². The maximum Gasteiger partial charge on any atom is 0.441 e. The second-order valence-electron chi connectivity index (χ2n) is 1.73. The van der Waals surface area contributed by atoms with Gasteiger partial charge in [-0.05, 0) is 18.7 Å². The Morgan fingerprint density at radius 1 is 1.56 bits per heavy atom. The number of nitrogens with two attached hydrogens (primary N) is 1. The van der Waals surface area contributed by atoms with Crippen molar-refractivity contribution in [3.05, 3.63) is 0 Å². The monoisotopic (exact) mass is 159 g/mol. The molecule has 0 aromatic carbocycles. The molecule has 1 atom stereocenters. The fraction of sp³-hybridized carbons (Fsp3) is 1.00. The summed E-state index contributed by atoms with van der Waals surface area (Å²) in [4.78, 5) is 0. The van der Waals surface area contributed by atoms with E-state index in [1.807, 2.05) is 0 Å².